The molecule has 0 amide bonds. The molecule has 3 unspecified atom stereocenters. The van der Waals surface area contributed by atoms with E-state index in [-0.39, 0.29) is 5.96 Å². The van der Waals surface area contributed by atoms with Crippen molar-refractivity contribution in [1.29, 1.82) is 5.41 Å². The third-order valence-corrected chi connectivity index (χ3v) is 5.26. The van der Waals surface area contributed by atoms with Gasteiger partial charge in [-0.3, -0.25) is 5.41 Å². The lowest BCUT2D eigenvalue weighted by Gasteiger charge is -2.72. The quantitative estimate of drug-likeness (QED) is 0.226. The SMILES string of the molecule is N=C1N[C@@H](O)[C@H]2[C@@H]3OC4(O)O[C@@H](C(O)C2(N1)[C@@H]4O)[C@]3(O)CO. The van der Waals surface area contributed by atoms with Gasteiger partial charge in [-0.15, -0.1) is 0 Å². The molecule has 5 aliphatic rings. The Bertz CT molecular complexity index is 549. The van der Waals surface area contributed by atoms with Gasteiger partial charge in [-0.05, 0) is 0 Å². The van der Waals surface area contributed by atoms with Crippen LogP contribution >= 0.6 is 0 Å². The minimum atomic E-state index is -2.53. The minimum Gasteiger partial charge on any atom is -0.393 e. The Hall–Kier alpha value is -1.05. The van der Waals surface area contributed by atoms with Crippen molar-refractivity contribution in [3.8, 4) is 0 Å². The second-order valence-electron chi connectivity index (χ2n) is 6.25. The minimum absolute atomic E-state index is 0.375. The highest BCUT2D eigenvalue weighted by atomic mass is 16.9. The molecule has 0 aromatic rings. The fraction of sp³-hybridized carbons (Fsp3) is 0.909. The predicted molar refractivity (Wildman–Crippen MR) is 65.0 cm³/mol. The van der Waals surface area contributed by atoms with E-state index < -0.39 is 60.3 Å². The van der Waals surface area contributed by atoms with Crippen LogP contribution in [0.3, 0.4) is 0 Å². The molecular weight excluding hydrogens is 302 g/mol. The van der Waals surface area contributed by atoms with E-state index in [9.17, 15) is 30.6 Å². The van der Waals surface area contributed by atoms with Gasteiger partial charge in [0, 0.05) is 0 Å². The van der Waals surface area contributed by atoms with Crippen LogP contribution in [0.4, 0.5) is 0 Å². The van der Waals surface area contributed by atoms with Crippen molar-refractivity contribution >= 4 is 5.96 Å². The molecule has 0 radical (unpaired) electrons. The van der Waals surface area contributed by atoms with E-state index in [4.69, 9.17) is 14.9 Å². The first-order chi connectivity index (χ1) is 10.2. The van der Waals surface area contributed by atoms with E-state index in [1.165, 1.54) is 0 Å². The van der Waals surface area contributed by atoms with Crippen molar-refractivity contribution in [2.24, 2.45) is 5.92 Å². The predicted octanol–water partition coefficient (Wildman–Crippen LogP) is -5.31. The van der Waals surface area contributed by atoms with Gasteiger partial charge in [0.05, 0.1) is 12.5 Å². The van der Waals surface area contributed by atoms with Gasteiger partial charge < -0.3 is 50.7 Å². The van der Waals surface area contributed by atoms with Gasteiger partial charge in [0.1, 0.15) is 35.7 Å². The second kappa shape index (κ2) is 3.88. The van der Waals surface area contributed by atoms with Crippen molar-refractivity contribution in [3.05, 3.63) is 0 Å². The number of rotatable bonds is 1. The Morgan fingerprint density at radius 3 is 2.41 bits per heavy atom. The van der Waals surface area contributed by atoms with E-state index in [1.807, 2.05) is 0 Å². The first-order valence-electron chi connectivity index (χ1n) is 6.79. The van der Waals surface area contributed by atoms with E-state index in [2.05, 4.69) is 10.6 Å². The van der Waals surface area contributed by atoms with E-state index in [0.717, 1.165) is 0 Å². The summed E-state index contributed by atoms with van der Waals surface area (Å²) in [5.74, 6) is -4.07. The molecule has 22 heavy (non-hydrogen) atoms. The maximum absolute atomic E-state index is 10.6. The van der Waals surface area contributed by atoms with Crippen molar-refractivity contribution in [2.75, 3.05) is 6.61 Å². The summed E-state index contributed by atoms with van der Waals surface area (Å²) in [7, 11) is 0. The van der Waals surface area contributed by atoms with Gasteiger partial charge in [0.15, 0.2) is 12.1 Å². The Morgan fingerprint density at radius 2 is 1.77 bits per heavy atom. The number of aliphatic hydroxyl groups is 6. The summed E-state index contributed by atoms with van der Waals surface area (Å²) < 4.78 is 10.3. The molecule has 4 aliphatic heterocycles. The first kappa shape index (κ1) is 14.5. The number of aliphatic hydroxyl groups excluding tert-OH is 4. The summed E-state index contributed by atoms with van der Waals surface area (Å²) in [5.41, 5.74) is -3.87. The average Bonchev–Trinajstić information content (AvgIpc) is 2.45. The lowest BCUT2D eigenvalue weighted by atomic mass is 9.55. The fourth-order valence-corrected chi connectivity index (χ4v) is 4.28. The molecule has 124 valence electrons. The highest BCUT2D eigenvalue weighted by Gasteiger charge is 2.83. The maximum Gasteiger partial charge on any atom is 0.311 e. The number of ether oxygens (including phenoxy) is 2. The van der Waals surface area contributed by atoms with E-state index >= 15 is 0 Å². The van der Waals surface area contributed by atoms with Crippen LogP contribution in [-0.4, -0.2) is 91.0 Å². The summed E-state index contributed by atoms with van der Waals surface area (Å²) in [5, 5.41) is 74.2. The Balaban J connectivity index is 1.93. The van der Waals surface area contributed by atoms with Crippen molar-refractivity contribution < 1.29 is 40.1 Å². The molecule has 1 saturated carbocycles. The lowest BCUT2D eigenvalue weighted by molar-refractivity contribution is -0.549. The van der Waals surface area contributed by atoms with Crippen LogP contribution in [0, 0.1) is 11.3 Å². The van der Waals surface area contributed by atoms with Crippen LogP contribution in [0.2, 0.25) is 0 Å². The van der Waals surface area contributed by atoms with Crippen molar-refractivity contribution in [1.82, 2.24) is 10.6 Å². The van der Waals surface area contributed by atoms with Crippen LogP contribution in [-0.2, 0) is 9.47 Å². The molecule has 11 heteroatoms. The smallest absolute Gasteiger partial charge is 0.311 e. The van der Waals surface area contributed by atoms with Gasteiger partial charge in [-0.2, -0.15) is 0 Å². The number of guanidine groups is 1. The van der Waals surface area contributed by atoms with Gasteiger partial charge in [-0.25, -0.2) is 0 Å². The normalized spacial score (nSPS) is 62.4. The topological polar surface area (TPSA) is 188 Å². The molecule has 9 N–H and O–H groups in total. The standard InChI is InChI=1S/C11H17N3O8/c12-8-13-6(17)2-4-9(19,1-15)5-3(16)10(2,14-8)7(18)11(20,21-4)22-5/h2-7,15-20H,1H2,(H3,12,13,14)/t2-,3?,4+,5+,6+,7+,9+,10?,11?/m1/s1. The highest BCUT2D eigenvalue weighted by Crippen LogP contribution is 2.58. The molecule has 0 aromatic heterocycles. The number of hydrogen-bond donors (Lipinski definition) is 9. The maximum atomic E-state index is 10.6. The summed E-state index contributed by atoms with van der Waals surface area (Å²) >= 11 is 0. The largest absolute Gasteiger partial charge is 0.393 e. The highest BCUT2D eigenvalue weighted by molar-refractivity contribution is 5.79. The molecule has 4 bridgehead atoms. The molecule has 1 spiro atoms. The molecule has 4 heterocycles. The zero-order chi connectivity index (χ0) is 16.1. The number of hydrogen-bond acceptors (Lipinski definition) is 9. The summed E-state index contributed by atoms with van der Waals surface area (Å²) in [6.45, 7) is -0.859. The third kappa shape index (κ3) is 1.28. The molecule has 5 fully saturated rings. The van der Waals surface area contributed by atoms with Crippen molar-refractivity contribution in [2.45, 2.75) is 47.8 Å². The third-order valence-electron chi connectivity index (χ3n) is 5.26. The van der Waals surface area contributed by atoms with Gasteiger partial charge in [0.2, 0.25) is 0 Å². The van der Waals surface area contributed by atoms with Gasteiger partial charge >= 0.3 is 5.97 Å². The van der Waals surface area contributed by atoms with Crippen LogP contribution in [0.15, 0.2) is 0 Å². The zero-order valence-corrected chi connectivity index (χ0v) is 11.2. The molecule has 5 rings (SSSR count). The average molecular weight is 319 g/mol. The Kier molecular flexibility index (Phi) is 2.57. The summed E-state index contributed by atoms with van der Waals surface area (Å²) in [4.78, 5) is 0. The molecule has 1 aliphatic carbocycles. The molecule has 11 nitrogen and oxygen atoms in total. The molecular formula is C11H17N3O8. The molecule has 0 aromatic carbocycles. The zero-order valence-electron chi connectivity index (χ0n) is 11.2. The van der Waals surface area contributed by atoms with Crippen LogP contribution in [0.1, 0.15) is 0 Å². The van der Waals surface area contributed by atoms with Gasteiger partial charge in [0.25, 0.3) is 0 Å². The monoisotopic (exact) mass is 319 g/mol. The van der Waals surface area contributed by atoms with Crippen LogP contribution in [0.25, 0.3) is 0 Å². The fourth-order valence-electron chi connectivity index (χ4n) is 4.28. The lowest BCUT2D eigenvalue weighted by Crippen LogP contribution is -2.96. The Morgan fingerprint density at radius 1 is 1.14 bits per heavy atom. The summed E-state index contributed by atoms with van der Waals surface area (Å²) in [6, 6.07) is 0. The second-order valence-corrected chi connectivity index (χ2v) is 6.25. The van der Waals surface area contributed by atoms with E-state index in [0.29, 0.717) is 0 Å². The van der Waals surface area contributed by atoms with E-state index in [1.54, 1.807) is 0 Å². The first-order valence-corrected chi connectivity index (χ1v) is 6.79. The Labute approximate surface area is 123 Å². The van der Waals surface area contributed by atoms with Gasteiger partial charge in [-0.1, -0.05) is 0 Å². The van der Waals surface area contributed by atoms with Crippen LogP contribution < -0.4 is 10.6 Å². The van der Waals surface area contributed by atoms with Crippen molar-refractivity contribution in [3.63, 3.8) is 0 Å². The van der Waals surface area contributed by atoms with Crippen LogP contribution in [0.5, 0.6) is 0 Å². The molecule has 9 atom stereocenters. The summed E-state index contributed by atoms with van der Waals surface area (Å²) in [6.07, 6.45) is -7.76. The number of nitrogens with one attached hydrogen (secondary N) is 3. The molecule has 4 saturated heterocycles.